The number of fused-ring (bicyclic) bond motifs is 2. The van der Waals surface area contributed by atoms with Crippen LogP contribution in [0.5, 0.6) is 0 Å². The molecule has 1 amide bonds. The highest BCUT2D eigenvalue weighted by atomic mass is 19.4. The number of para-hydroxylation sites is 2. The molecule has 0 saturated carbocycles. The van der Waals surface area contributed by atoms with E-state index in [1.54, 1.807) is 24.3 Å². The topological polar surface area (TPSA) is 72.5 Å². The molecule has 0 bridgehead atoms. The third kappa shape index (κ3) is 2.95. The van der Waals surface area contributed by atoms with Crippen LogP contribution < -0.4 is 10.7 Å². The number of alkyl halides is 3. The van der Waals surface area contributed by atoms with Crippen LogP contribution in [-0.2, 0) is 6.18 Å². The predicted molar refractivity (Wildman–Crippen MR) is 91.7 cm³/mol. The van der Waals surface area contributed by atoms with E-state index in [1.165, 1.54) is 12.1 Å². The molecule has 0 saturated heterocycles. The number of nitrogens with one attached hydrogen (secondary N) is 1. The van der Waals surface area contributed by atoms with Crippen LogP contribution in [-0.4, -0.2) is 5.91 Å². The standard InChI is InChI=1S/C19H10F3NO4/c20-19(21,22)12-6-2-3-7-13(12)23-17(25)15-9-11-16(24)10-5-1-4-8-14(10)26-18(11)27-15/h1-9H,(H,23,25). The molecule has 4 aromatic rings. The zero-order chi connectivity index (χ0) is 19.2. The minimum absolute atomic E-state index is 0.0305. The SMILES string of the molecule is O=C(Nc1ccccc1C(F)(F)F)c1cc2c(=O)c3ccccc3oc2o1. The highest BCUT2D eigenvalue weighted by Gasteiger charge is 2.33. The van der Waals surface area contributed by atoms with Gasteiger partial charge in [0.2, 0.25) is 5.43 Å². The second-order valence-electron chi connectivity index (χ2n) is 5.74. The lowest BCUT2D eigenvalue weighted by molar-refractivity contribution is -0.136. The van der Waals surface area contributed by atoms with Crippen molar-refractivity contribution in [2.75, 3.05) is 5.32 Å². The maximum Gasteiger partial charge on any atom is 0.418 e. The molecule has 27 heavy (non-hydrogen) atoms. The summed E-state index contributed by atoms with van der Waals surface area (Å²) in [6.07, 6.45) is -4.63. The third-order valence-electron chi connectivity index (χ3n) is 3.98. The first-order valence-electron chi connectivity index (χ1n) is 7.77. The Labute approximate surface area is 149 Å². The van der Waals surface area contributed by atoms with E-state index in [-0.39, 0.29) is 22.5 Å². The van der Waals surface area contributed by atoms with E-state index in [2.05, 4.69) is 5.32 Å². The zero-order valence-electron chi connectivity index (χ0n) is 13.5. The summed E-state index contributed by atoms with van der Waals surface area (Å²) in [6.45, 7) is 0. The van der Waals surface area contributed by atoms with E-state index in [0.717, 1.165) is 18.2 Å². The molecule has 2 aromatic heterocycles. The van der Waals surface area contributed by atoms with Gasteiger partial charge in [-0.15, -0.1) is 0 Å². The molecule has 2 aromatic carbocycles. The molecule has 136 valence electrons. The van der Waals surface area contributed by atoms with E-state index < -0.39 is 28.8 Å². The number of hydrogen-bond donors (Lipinski definition) is 1. The molecule has 0 aliphatic heterocycles. The van der Waals surface area contributed by atoms with E-state index in [4.69, 9.17) is 8.83 Å². The number of benzene rings is 2. The summed E-state index contributed by atoms with van der Waals surface area (Å²) in [6, 6.07) is 12.2. The molecule has 5 nitrogen and oxygen atoms in total. The molecule has 4 rings (SSSR count). The Bertz CT molecular complexity index is 1240. The van der Waals surface area contributed by atoms with Crippen LogP contribution in [0.3, 0.4) is 0 Å². The quantitative estimate of drug-likeness (QED) is 0.547. The first-order valence-corrected chi connectivity index (χ1v) is 7.77. The molecule has 0 atom stereocenters. The second kappa shape index (κ2) is 6.01. The van der Waals surface area contributed by atoms with Crippen molar-refractivity contribution in [3.63, 3.8) is 0 Å². The number of carbonyl (C=O) groups excluding carboxylic acids is 1. The van der Waals surface area contributed by atoms with Gasteiger partial charge in [0.15, 0.2) is 5.76 Å². The van der Waals surface area contributed by atoms with Crippen molar-refractivity contribution in [3.8, 4) is 0 Å². The number of carbonyl (C=O) groups is 1. The van der Waals surface area contributed by atoms with Crippen molar-refractivity contribution in [1.29, 1.82) is 0 Å². The van der Waals surface area contributed by atoms with Gasteiger partial charge in [-0.1, -0.05) is 24.3 Å². The monoisotopic (exact) mass is 373 g/mol. The summed E-state index contributed by atoms with van der Waals surface area (Å²) >= 11 is 0. The molecule has 8 heteroatoms. The predicted octanol–water partition coefficient (Wildman–Crippen LogP) is 4.81. The number of furan rings is 1. The Morgan fingerprint density at radius 2 is 1.63 bits per heavy atom. The minimum Gasteiger partial charge on any atom is -0.425 e. The van der Waals surface area contributed by atoms with Crippen molar-refractivity contribution in [3.05, 3.63) is 76.1 Å². The Morgan fingerprint density at radius 1 is 0.926 bits per heavy atom. The van der Waals surface area contributed by atoms with E-state index in [0.29, 0.717) is 5.39 Å². The van der Waals surface area contributed by atoms with Crippen LogP contribution in [0.4, 0.5) is 18.9 Å². The zero-order valence-corrected chi connectivity index (χ0v) is 13.5. The van der Waals surface area contributed by atoms with Crippen LogP contribution in [0, 0.1) is 0 Å². The highest BCUT2D eigenvalue weighted by Crippen LogP contribution is 2.35. The summed E-state index contributed by atoms with van der Waals surface area (Å²) < 4.78 is 49.9. The van der Waals surface area contributed by atoms with Gasteiger partial charge in [0.25, 0.3) is 5.91 Å². The minimum atomic E-state index is -4.63. The van der Waals surface area contributed by atoms with Crippen molar-refractivity contribution in [1.82, 2.24) is 0 Å². The lowest BCUT2D eigenvalue weighted by Gasteiger charge is -2.12. The second-order valence-corrected chi connectivity index (χ2v) is 5.74. The number of amides is 1. The third-order valence-corrected chi connectivity index (χ3v) is 3.98. The normalized spacial score (nSPS) is 11.8. The Kier molecular flexibility index (Phi) is 3.76. The van der Waals surface area contributed by atoms with Crippen molar-refractivity contribution in [2.24, 2.45) is 0 Å². The maximum absolute atomic E-state index is 13.1. The Hall–Kier alpha value is -3.55. The van der Waals surface area contributed by atoms with E-state index in [9.17, 15) is 22.8 Å². The lowest BCUT2D eigenvalue weighted by Crippen LogP contribution is -2.16. The number of hydrogen-bond acceptors (Lipinski definition) is 4. The average molecular weight is 373 g/mol. The van der Waals surface area contributed by atoms with Crippen LogP contribution in [0.2, 0.25) is 0 Å². The van der Waals surface area contributed by atoms with Gasteiger partial charge in [-0.05, 0) is 24.3 Å². The van der Waals surface area contributed by atoms with Gasteiger partial charge in [0.05, 0.1) is 16.6 Å². The largest absolute Gasteiger partial charge is 0.425 e. The summed E-state index contributed by atoms with van der Waals surface area (Å²) in [5.74, 6) is -1.44. The molecule has 0 radical (unpaired) electrons. The molecular weight excluding hydrogens is 363 g/mol. The van der Waals surface area contributed by atoms with Gasteiger partial charge in [0, 0.05) is 6.07 Å². The van der Waals surface area contributed by atoms with Gasteiger partial charge in [0.1, 0.15) is 11.0 Å². The fourth-order valence-corrected chi connectivity index (χ4v) is 2.73. The molecular formula is C19H10F3NO4. The summed E-state index contributed by atoms with van der Waals surface area (Å²) in [5, 5.41) is 2.50. The first-order chi connectivity index (χ1) is 12.8. The van der Waals surface area contributed by atoms with Gasteiger partial charge < -0.3 is 14.2 Å². The average Bonchev–Trinajstić information content (AvgIpc) is 3.06. The molecule has 0 spiro atoms. The maximum atomic E-state index is 13.1. The molecule has 0 aliphatic carbocycles. The lowest BCUT2D eigenvalue weighted by atomic mass is 10.1. The van der Waals surface area contributed by atoms with Crippen LogP contribution in [0.25, 0.3) is 22.1 Å². The first kappa shape index (κ1) is 16.9. The molecule has 2 heterocycles. The van der Waals surface area contributed by atoms with Crippen molar-refractivity contribution < 1.29 is 26.8 Å². The molecule has 1 N–H and O–H groups in total. The van der Waals surface area contributed by atoms with E-state index in [1.807, 2.05) is 0 Å². The fourth-order valence-electron chi connectivity index (χ4n) is 2.73. The summed E-state index contributed by atoms with van der Waals surface area (Å²) in [4.78, 5) is 24.8. The van der Waals surface area contributed by atoms with Crippen molar-refractivity contribution >= 4 is 33.7 Å². The smallest absolute Gasteiger partial charge is 0.418 e. The van der Waals surface area contributed by atoms with Crippen LogP contribution >= 0.6 is 0 Å². The summed E-state index contributed by atoms with van der Waals surface area (Å²) in [5.41, 5.74) is -1.53. The number of halogens is 3. The van der Waals surface area contributed by atoms with Crippen LogP contribution in [0.1, 0.15) is 16.1 Å². The Balaban J connectivity index is 1.75. The van der Waals surface area contributed by atoms with Gasteiger partial charge >= 0.3 is 12.0 Å². The molecule has 0 fully saturated rings. The van der Waals surface area contributed by atoms with Crippen molar-refractivity contribution in [2.45, 2.75) is 6.18 Å². The molecule has 0 unspecified atom stereocenters. The van der Waals surface area contributed by atoms with Gasteiger partial charge in [-0.2, -0.15) is 13.2 Å². The Morgan fingerprint density at radius 3 is 2.41 bits per heavy atom. The summed E-state index contributed by atoms with van der Waals surface area (Å²) in [7, 11) is 0. The van der Waals surface area contributed by atoms with Gasteiger partial charge in [-0.3, -0.25) is 9.59 Å². The molecule has 0 aliphatic rings. The van der Waals surface area contributed by atoms with E-state index >= 15 is 0 Å². The number of anilines is 1. The van der Waals surface area contributed by atoms with Gasteiger partial charge in [-0.25, -0.2) is 0 Å². The fraction of sp³-hybridized carbons (Fsp3) is 0.0526. The highest BCUT2D eigenvalue weighted by molar-refractivity contribution is 6.05. The van der Waals surface area contributed by atoms with Crippen LogP contribution in [0.15, 0.2) is 68.2 Å². The number of rotatable bonds is 2.